The van der Waals surface area contributed by atoms with E-state index in [0.717, 1.165) is 28.1 Å². The van der Waals surface area contributed by atoms with Gasteiger partial charge in [-0.15, -0.1) is 0 Å². The number of pyridine rings is 2. The van der Waals surface area contributed by atoms with Gasteiger partial charge in [0.2, 0.25) is 0 Å². The molecular formula is C27H20FN5O. The van der Waals surface area contributed by atoms with Crippen LogP contribution >= 0.6 is 0 Å². The number of nitrogens with zero attached hydrogens (tertiary/aromatic N) is 2. The Balaban J connectivity index is 1.32. The standard InChI is InChI=1S/C27H20FN5O/c28-19-7-8-24-25(11-14-30-26(24)16-19)32-21-4-1-3-18(15-21)27(34)33-23-6-2-5-22(17-23)31-20-9-12-29-13-10-20/h1-17H,(H,29,31)(H,30,32)(H,33,34). The first-order valence-corrected chi connectivity index (χ1v) is 10.6. The maximum Gasteiger partial charge on any atom is 0.255 e. The average molecular weight is 449 g/mol. The van der Waals surface area contributed by atoms with Crippen LogP contribution in [0.3, 0.4) is 0 Å². The number of carbonyl (C=O) groups excluding carboxylic acids is 1. The maximum atomic E-state index is 13.5. The van der Waals surface area contributed by atoms with Gasteiger partial charge in [-0.1, -0.05) is 12.1 Å². The van der Waals surface area contributed by atoms with Gasteiger partial charge in [0.25, 0.3) is 5.91 Å². The number of aromatic nitrogens is 2. The minimum Gasteiger partial charge on any atom is -0.355 e. The smallest absolute Gasteiger partial charge is 0.255 e. The van der Waals surface area contributed by atoms with Crippen molar-refractivity contribution in [2.75, 3.05) is 16.0 Å². The van der Waals surface area contributed by atoms with Gasteiger partial charge in [0.05, 0.1) is 5.52 Å². The van der Waals surface area contributed by atoms with Gasteiger partial charge >= 0.3 is 0 Å². The fourth-order valence-corrected chi connectivity index (χ4v) is 3.60. The Morgan fingerprint density at radius 2 is 1.47 bits per heavy atom. The summed E-state index contributed by atoms with van der Waals surface area (Å²) in [5, 5.41) is 10.3. The molecule has 0 radical (unpaired) electrons. The average Bonchev–Trinajstić information content (AvgIpc) is 2.85. The summed E-state index contributed by atoms with van der Waals surface area (Å²) in [6, 6.07) is 24.7. The van der Waals surface area contributed by atoms with Gasteiger partial charge in [-0.3, -0.25) is 14.8 Å². The van der Waals surface area contributed by atoms with E-state index in [4.69, 9.17) is 0 Å². The van der Waals surface area contributed by atoms with Gasteiger partial charge in [-0.05, 0) is 66.7 Å². The number of anilines is 5. The van der Waals surface area contributed by atoms with Crippen molar-refractivity contribution in [2.24, 2.45) is 0 Å². The number of nitrogens with one attached hydrogen (secondary N) is 3. The second-order valence-corrected chi connectivity index (χ2v) is 7.62. The normalized spacial score (nSPS) is 10.6. The van der Waals surface area contributed by atoms with Crippen LogP contribution in [0, 0.1) is 5.82 Å². The Morgan fingerprint density at radius 1 is 0.706 bits per heavy atom. The molecule has 3 aromatic carbocycles. The van der Waals surface area contributed by atoms with Gasteiger partial charge in [0.1, 0.15) is 5.82 Å². The van der Waals surface area contributed by atoms with E-state index >= 15 is 0 Å². The number of hydrogen-bond acceptors (Lipinski definition) is 5. The van der Waals surface area contributed by atoms with Gasteiger partial charge in [-0.2, -0.15) is 0 Å². The molecule has 0 unspecified atom stereocenters. The van der Waals surface area contributed by atoms with Crippen LogP contribution in [0.2, 0.25) is 0 Å². The van der Waals surface area contributed by atoms with Crippen LogP contribution in [-0.4, -0.2) is 15.9 Å². The van der Waals surface area contributed by atoms with Crippen LogP contribution in [-0.2, 0) is 0 Å². The maximum absolute atomic E-state index is 13.5. The zero-order valence-electron chi connectivity index (χ0n) is 18.0. The van der Waals surface area contributed by atoms with Crippen molar-refractivity contribution in [2.45, 2.75) is 0 Å². The van der Waals surface area contributed by atoms with E-state index in [1.165, 1.54) is 12.1 Å². The third-order valence-corrected chi connectivity index (χ3v) is 5.20. The number of halogens is 1. The summed E-state index contributed by atoms with van der Waals surface area (Å²) in [7, 11) is 0. The van der Waals surface area contributed by atoms with E-state index < -0.39 is 0 Å². The van der Waals surface area contributed by atoms with E-state index in [-0.39, 0.29) is 11.7 Å². The summed E-state index contributed by atoms with van der Waals surface area (Å²) in [6.07, 6.45) is 5.04. The van der Waals surface area contributed by atoms with Crippen molar-refractivity contribution in [3.05, 3.63) is 115 Å². The van der Waals surface area contributed by atoms with Crippen molar-refractivity contribution >= 4 is 45.2 Å². The predicted molar refractivity (Wildman–Crippen MR) is 133 cm³/mol. The molecule has 0 saturated heterocycles. The highest BCUT2D eigenvalue weighted by Gasteiger charge is 2.09. The fraction of sp³-hybridized carbons (Fsp3) is 0. The van der Waals surface area contributed by atoms with Gasteiger partial charge in [0, 0.05) is 64.0 Å². The minimum absolute atomic E-state index is 0.230. The number of amides is 1. The molecule has 2 aromatic heterocycles. The lowest BCUT2D eigenvalue weighted by atomic mass is 10.1. The number of benzene rings is 3. The van der Waals surface area contributed by atoms with Crippen LogP contribution in [0.1, 0.15) is 10.4 Å². The highest BCUT2D eigenvalue weighted by atomic mass is 19.1. The molecule has 0 fully saturated rings. The van der Waals surface area contributed by atoms with Gasteiger partial charge in [-0.25, -0.2) is 4.39 Å². The lowest BCUT2D eigenvalue weighted by Crippen LogP contribution is -2.12. The molecule has 166 valence electrons. The van der Waals surface area contributed by atoms with Crippen molar-refractivity contribution < 1.29 is 9.18 Å². The van der Waals surface area contributed by atoms with Crippen molar-refractivity contribution in [3.63, 3.8) is 0 Å². The molecule has 0 spiro atoms. The fourth-order valence-electron chi connectivity index (χ4n) is 3.60. The first kappa shape index (κ1) is 21.1. The second kappa shape index (κ2) is 9.38. The zero-order valence-corrected chi connectivity index (χ0v) is 18.0. The van der Waals surface area contributed by atoms with Crippen LogP contribution in [0.5, 0.6) is 0 Å². The first-order chi connectivity index (χ1) is 16.6. The number of carbonyl (C=O) groups is 1. The van der Waals surface area contributed by atoms with Crippen molar-refractivity contribution in [1.29, 1.82) is 0 Å². The Bertz CT molecular complexity index is 1470. The van der Waals surface area contributed by atoms with E-state index in [1.807, 2.05) is 54.6 Å². The van der Waals surface area contributed by atoms with E-state index in [2.05, 4.69) is 25.9 Å². The molecule has 1 amide bonds. The quantitative estimate of drug-likeness (QED) is 0.275. The molecule has 3 N–H and O–H groups in total. The number of hydrogen-bond donors (Lipinski definition) is 3. The highest BCUT2D eigenvalue weighted by molar-refractivity contribution is 6.05. The Morgan fingerprint density at radius 3 is 2.32 bits per heavy atom. The summed E-state index contributed by atoms with van der Waals surface area (Å²) < 4.78 is 13.5. The molecular weight excluding hydrogens is 429 g/mol. The summed E-state index contributed by atoms with van der Waals surface area (Å²) >= 11 is 0. The van der Waals surface area contributed by atoms with E-state index in [0.29, 0.717) is 16.8 Å². The third kappa shape index (κ3) is 4.83. The zero-order chi connectivity index (χ0) is 23.3. The van der Waals surface area contributed by atoms with Crippen molar-refractivity contribution in [3.8, 4) is 0 Å². The molecule has 7 heteroatoms. The SMILES string of the molecule is O=C(Nc1cccc(Nc2ccncc2)c1)c1cccc(Nc2ccnc3cc(F)ccc23)c1. The summed E-state index contributed by atoms with van der Waals surface area (Å²) in [4.78, 5) is 21.1. The molecule has 0 bridgehead atoms. The van der Waals surface area contributed by atoms with Crippen LogP contribution < -0.4 is 16.0 Å². The topological polar surface area (TPSA) is 78.9 Å². The largest absolute Gasteiger partial charge is 0.355 e. The molecule has 6 nitrogen and oxygen atoms in total. The first-order valence-electron chi connectivity index (χ1n) is 10.6. The number of fused-ring (bicyclic) bond motifs is 1. The van der Waals surface area contributed by atoms with Gasteiger partial charge < -0.3 is 16.0 Å². The van der Waals surface area contributed by atoms with Gasteiger partial charge in [0.15, 0.2) is 0 Å². The monoisotopic (exact) mass is 449 g/mol. The lowest BCUT2D eigenvalue weighted by molar-refractivity contribution is 0.102. The van der Waals surface area contributed by atoms with Crippen molar-refractivity contribution in [1.82, 2.24) is 9.97 Å². The molecule has 0 aliphatic carbocycles. The molecule has 2 heterocycles. The highest BCUT2D eigenvalue weighted by Crippen LogP contribution is 2.26. The minimum atomic E-state index is -0.337. The Kier molecular flexibility index (Phi) is 5.82. The molecule has 5 rings (SSSR count). The molecule has 0 saturated carbocycles. The second-order valence-electron chi connectivity index (χ2n) is 7.62. The van der Waals surface area contributed by atoms with Crippen LogP contribution in [0.15, 0.2) is 104 Å². The molecule has 0 aliphatic heterocycles. The number of rotatable bonds is 6. The lowest BCUT2D eigenvalue weighted by Gasteiger charge is -2.12. The summed E-state index contributed by atoms with van der Waals surface area (Å²) in [5.74, 6) is -0.567. The Labute approximate surface area is 195 Å². The molecule has 34 heavy (non-hydrogen) atoms. The van der Waals surface area contributed by atoms with Crippen LogP contribution in [0.25, 0.3) is 10.9 Å². The molecule has 0 aliphatic rings. The molecule has 5 aromatic rings. The summed E-state index contributed by atoms with van der Waals surface area (Å²) in [5.41, 5.74) is 4.99. The van der Waals surface area contributed by atoms with Crippen LogP contribution in [0.4, 0.5) is 32.8 Å². The Hall–Kier alpha value is -4.78. The molecule has 0 atom stereocenters. The van der Waals surface area contributed by atoms with E-state index in [9.17, 15) is 9.18 Å². The summed E-state index contributed by atoms with van der Waals surface area (Å²) in [6.45, 7) is 0. The van der Waals surface area contributed by atoms with E-state index in [1.54, 1.807) is 36.8 Å². The third-order valence-electron chi connectivity index (χ3n) is 5.20. The predicted octanol–water partition coefficient (Wildman–Crippen LogP) is 6.51.